The topological polar surface area (TPSA) is 37.9 Å². The van der Waals surface area contributed by atoms with Crippen molar-refractivity contribution >= 4 is 23.1 Å². The van der Waals surface area contributed by atoms with Gasteiger partial charge in [-0.25, -0.2) is 0 Å². The Morgan fingerprint density at radius 3 is 2.50 bits per heavy atom. The molecule has 3 heteroatoms. The highest BCUT2D eigenvalue weighted by atomic mass is 16.5. The van der Waals surface area contributed by atoms with E-state index in [0.717, 1.165) is 34.3 Å². The second-order valence-electron chi connectivity index (χ2n) is 6.11. The number of benzene rings is 3. The molecule has 0 aliphatic rings. The second kappa shape index (κ2) is 7.70. The first-order valence-electron chi connectivity index (χ1n) is 8.77. The molecule has 0 amide bonds. The number of fused-ring (bicyclic) bond motifs is 1. The standard InChI is InChI=1S/C23H20N2O/c1-2-8-18(9-3-1)16-17-26-23-13-7-4-10-19(23)14-15-22-20-11-5-6-12-21(20)24-25-22/h1-15H,16-17H2,(H,24,25)/b15-14+. The molecule has 0 spiro atoms. The third-order valence-electron chi connectivity index (χ3n) is 4.33. The molecule has 3 nitrogen and oxygen atoms in total. The van der Waals surface area contributed by atoms with Crippen LogP contribution in [0.4, 0.5) is 0 Å². The second-order valence-corrected chi connectivity index (χ2v) is 6.11. The van der Waals surface area contributed by atoms with Gasteiger partial charge in [-0.3, -0.25) is 5.10 Å². The first-order valence-corrected chi connectivity index (χ1v) is 8.77. The van der Waals surface area contributed by atoms with Gasteiger partial charge < -0.3 is 4.74 Å². The van der Waals surface area contributed by atoms with E-state index in [1.54, 1.807) is 0 Å². The molecule has 3 aromatic carbocycles. The highest BCUT2D eigenvalue weighted by Crippen LogP contribution is 2.23. The van der Waals surface area contributed by atoms with Gasteiger partial charge in [0, 0.05) is 17.4 Å². The fraction of sp³-hybridized carbons (Fsp3) is 0.0870. The van der Waals surface area contributed by atoms with Crippen LogP contribution in [0.25, 0.3) is 23.1 Å². The van der Waals surface area contributed by atoms with Gasteiger partial charge in [-0.1, -0.05) is 66.7 Å². The summed E-state index contributed by atoms with van der Waals surface area (Å²) in [6.45, 7) is 0.653. The predicted molar refractivity (Wildman–Crippen MR) is 107 cm³/mol. The van der Waals surface area contributed by atoms with Crippen LogP contribution in [0.1, 0.15) is 16.8 Å². The Morgan fingerprint density at radius 2 is 1.58 bits per heavy atom. The minimum atomic E-state index is 0.653. The molecule has 1 aromatic heterocycles. The molecular weight excluding hydrogens is 320 g/mol. The lowest BCUT2D eigenvalue weighted by molar-refractivity contribution is 0.321. The summed E-state index contributed by atoms with van der Waals surface area (Å²) in [5, 5.41) is 8.57. The molecule has 0 atom stereocenters. The summed E-state index contributed by atoms with van der Waals surface area (Å²) in [6.07, 6.45) is 4.97. The summed E-state index contributed by atoms with van der Waals surface area (Å²) in [5.41, 5.74) is 4.30. The minimum absolute atomic E-state index is 0.653. The molecule has 0 radical (unpaired) electrons. The molecule has 4 rings (SSSR count). The van der Waals surface area contributed by atoms with Crippen LogP contribution in [-0.4, -0.2) is 16.8 Å². The van der Waals surface area contributed by atoms with E-state index in [0.29, 0.717) is 6.61 Å². The van der Waals surface area contributed by atoms with Crippen LogP contribution in [0.2, 0.25) is 0 Å². The normalized spacial score (nSPS) is 11.2. The van der Waals surface area contributed by atoms with Crippen molar-refractivity contribution in [1.29, 1.82) is 0 Å². The molecule has 0 unspecified atom stereocenters. The average molecular weight is 340 g/mol. The maximum absolute atomic E-state index is 6.02. The fourth-order valence-corrected chi connectivity index (χ4v) is 2.95. The van der Waals surface area contributed by atoms with E-state index in [1.807, 2.05) is 48.5 Å². The van der Waals surface area contributed by atoms with E-state index >= 15 is 0 Å². The van der Waals surface area contributed by atoms with Gasteiger partial charge in [0.2, 0.25) is 0 Å². The van der Waals surface area contributed by atoms with Gasteiger partial charge in [0.15, 0.2) is 0 Å². The fourth-order valence-electron chi connectivity index (χ4n) is 2.95. The zero-order valence-electron chi connectivity index (χ0n) is 14.4. The van der Waals surface area contributed by atoms with E-state index in [9.17, 15) is 0 Å². The molecule has 26 heavy (non-hydrogen) atoms. The molecule has 0 aliphatic heterocycles. The number of aromatic amines is 1. The lowest BCUT2D eigenvalue weighted by Gasteiger charge is -2.09. The number of H-pyrrole nitrogens is 1. The molecule has 1 heterocycles. The molecular formula is C23H20N2O. The zero-order chi connectivity index (χ0) is 17.6. The molecule has 1 N–H and O–H groups in total. The number of aromatic nitrogens is 2. The number of hydrogen-bond donors (Lipinski definition) is 1. The highest BCUT2D eigenvalue weighted by Gasteiger charge is 2.03. The number of nitrogens with one attached hydrogen (secondary N) is 1. The largest absolute Gasteiger partial charge is 0.493 e. The summed E-state index contributed by atoms with van der Waals surface area (Å²) in [7, 11) is 0. The Hall–Kier alpha value is -3.33. The lowest BCUT2D eigenvalue weighted by atomic mass is 10.1. The number of rotatable bonds is 6. The van der Waals surface area contributed by atoms with E-state index in [-0.39, 0.29) is 0 Å². The number of para-hydroxylation sites is 2. The van der Waals surface area contributed by atoms with Gasteiger partial charge in [0.1, 0.15) is 5.75 Å². The predicted octanol–water partition coefficient (Wildman–Crippen LogP) is 5.35. The van der Waals surface area contributed by atoms with E-state index < -0.39 is 0 Å². The third-order valence-corrected chi connectivity index (χ3v) is 4.33. The zero-order valence-corrected chi connectivity index (χ0v) is 14.4. The summed E-state index contributed by atoms with van der Waals surface area (Å²) >= 11 is 0. The van der Waals surface area contributed by atoms with Crippen LogP contribution in [0.3, 0.4) is 0 Å². The minimum Gasteiger partial charge on any atom is -0.493 e. The summed E-state index contributed by atoms with van der Waals surface area (Å²) in [4.78, 5) is 0. The van der Waals surface area contributed by atoms with Crippen LogP contribution in [0, 0.1) is 0 Å². The first kappa shape index (κ1) is 16.2. The monoisotopic (exact) mass is 340 g/mol. The summed E-state index contributed by atoms with van der Waals surface area (Å²) in [6, 6.07) is 26.6. The molecule has 128 valence electrons. The number of ether oxygens (including phenoxy) is 1. The molecule has 0 saturated heterocycles. The van der Waals surface area contributed by atoms with Crippen molar-refractivity contribution in [3.63, 3.8) is 0 Å². The quantitative estimate of drug-likeness (QED) is 0.513. The van der Waals surface area contributed by atoms with Crippen LogP contribution in [-0.2, 0) is 6.42 Å². The Bertz CT molecular complexity index is 1020. The van der Waals surface area contributed by atoms with E-state index in [2.05, 4.69) is 52.7 Å². The van der Waals surface area contributed by atoms with Gasteiger partial charge in [0.05, 0.1) is 17.8 Å². The Labute approximate surface area is 153 Å². The highest BCUT2D eigenvalue weighted by molar-refractivity contribution is 5.89. The molecule has 4 aromatic rings. The van der Waals surface area contributed by atoms with Crippen molar-refractivity contribution in [1.82, 2.24) is 10.2 Å². The van der Waals surface area contributed by atoms with Crippen molar-refractivity contribution in [2.75, 3.05) is 6.61 Å². The number of nitrogens with zero attached hydrogens (tertiary/aromatic N) is 1. The van der Waals surface area contributed by atoms with Crippen LogP contribution in [0.5, 0.6) is 5.75 Å². The smallest absolute Gasteiger partial charge is 0.126 e. The van der Waals surface area contributed by atoms with Gasteiger partial charge in [-0.15, -0.1) is 0 Å². The van der Waals surface area contributed by atoms with Crippen LogP contribution in [0.15, 0.2) is 78.9 Å². The first-order chi connectivity index (χ1) is 12.9. The molecule has 0 saturated carbocycles. The Kier molecular flexibility index (Phi) is 4.79. The summed E-state index contributed by atoms with van der Waals surface area (Å²) in [5.74, 6) is 0.888. The maximum atomic E-state index is 6.02. The Morgan fingerprint density at radius 1 is 0.808 bits per heavy atom. The van der Waals surface area contributed by atoms with E-state index in [4.69, 9.17) is 4.74 Å². The Balaban J connectivity index is 1.48. The van der Waals surface area contributed by atoms with Crippen molar-refractivity contribution in [3.05, 3.63) is 95.7 Å². The average Bonchev–Trinajstić information content (AvgIpc) is 3.11. The maximum Gasteiger partial charge on any atom is 0.126 e. The van der Waals surface area contributed by atoms with Gasteiger partial charge in [-0.05, 0) is 29.8 Å². The number of hydrogen-bond acceptors (Lipinski definition) is 2. The molecule has 0 fully saturated rings. The van der Waals surface area contributed by atoms with Gasteiger partial charge in [-0.2, -0.15) is 5.10 Å². The van der Waals surface area contributed by atoms with Crippen molar-refractivity contribution in [2.45, 2.75) is 6.42 Å². The van der Waals surface area contributed by atoms with E-state index in [1.165, 1.54) is 5.56 Å². The van der Waals surface area contributed by atoms with Crippen molar-refractivity contribution in [3.8, 4) is 5.75 Å². The third kappa shape index (κ3) is 3.67. The molecule has 0 aliphatic carbocycles. The van der Waals surface area contributed by atoms with Gasteiger partial charge >= 0.3 is 0 Å². The van der Waals surface area contributed by atoms with Crippen molar-refractivity contribution in [2.24, 2.45) is 0 Å². The SMILES string of the molecule is C(=C\c1n[nH]c2ccccc12)/c1ccccc1OCCc1ccccc1. The molecule has 0 bridgehead atoms. The summed E-state index contributed by atoms with van der Waals surface area (Å²) < 4.78 is 6.02. The van der Waals surface area contributed by atoms with Gasteiger partial charge in [0.25, 0.3) is 0 Å². The van der Waals surface area contributed by atoms with Crippen LogP contribution < -0.4 is 4.74 Å². The lowest BCUT2D eigenvalue weighted by Crippen LogP contribution is -2.02. The van der Waals surface area contributed by atoms with Crippen LogP contribution >= 0.6 is 0 Å². The van der Waals surface area contributed by atoms with Crippen molar-refractivity contribution < 1.29 is 4.74 Å².